The number of rotatable bonds is 5. The van der Waals surface area contributed by atoms with Gasteiger partial charge >= 0.3 is 6.01 Å². The summed E-state index contributed by atoms with van der Waals surface area (Å²) in [5.41, 5.74) is 4.46. The Balaban J connectivity index is 1.45. The number of allylic oxidation sites excluding steroid dienone is 4. The summed E-state index contributed by atoms with van der Waals surface area (Å²) in [6, 6.07) is 0.373. The van der Waals surface area contributed by atoms with Crippen molar-refractivity contribution in [2.45, 2.75) is 52.0 Å². The maximum atomic E-state index is 6.01. The smallest absolute Gasteiger partial charge is 0.319 e. The lowest BCUT2D eigenvalue weighted by atomic mass is 9.97. The lowest BCUT2D eigenvalue weighted by Gasteiger charge is -2.32. The molecule has 0 aromatic carbocycles. The fraction of sp³-hybridized carbons (Fsp3) is 0.455. The van der Waals surface area contributed by atoms with Gasteiger partial charge in [-0.25, -0.2) is 9.99 Å². The molecule has 4 heterocycles. The van der Waals surface area contributed by atoms with Crippen LogP contribution in [0.25, 0.3) is 0 Å². The van der Waals surface area contributed by atoms with E-state index in [4.69, 9.17) is 9.52 Å². The summed E-state index contributed by atoms with van der Waals surface area (Å²) in [4.78, 5) is 9.94. The number of fused-ring (bicyclic) bond motifs is 1. The van der Waals surface area contributed by atoms with Crippen LogP contribution in [0.3, 0.4) is 0 Å². The van der Waals surface area contributed by atoms with E-state index in [0.29, 0.717) is 17.9 Å². The molecule has 156 valence electrons. The van der Waals surface area contributed by atoms with E-state index in [-0.39, 0.29) is 6.04 Å². The molecular weight excluding hydrogens is 378 g/mol. The number of hydrazone groups is 1. The van der Waals surface area contributed by atoms with Crippen molar-refractivity contribution in [1.82, 2.24) is 25.2 Å². The van der Waals surface area contributed by atoms with Crippen LogP contribution in [0.1, 0.15) is 62.9 Å². The van der Waals surface area contributed by atoms with E-state index < -0.39 is 0 Å². The summed E-state index contributed by atoms with van der Waals surface area (Å²) in [6.07, 6.45) is 15.1. The first-order chi connectivity index (χ1) is 14.7. The topological polar surface area (TPSA) is 86.4 Å². The lowest BCUT2D eigenvalue weighted by molar-refractivity contribution is 0.465. The molecule has 8 nitrogen and oxygen atoms in total. The number of hydrogen-bond acceptors (Lipinski definition) is 7. The third kappa shape index (κ3) is 3.36. The molecule has 0 bridgehead atoms. The van der Waals surface area contributed by atoms with Crippen LogP contribution in [0.15, 0.2) is 51.5 Å². The molecule has 0 saturated heterocycles. The van der Waals surface area contributed by atoms with E-state index in [2.05, 4.69) is 51.1 Å². The first-order valence-corrected chi connectivity index (χ1v) is 10.7. The van der Waals surface area contributed by atoms with Crippen molar-refractivity contribution in [2.24, 2.45) is 11.0 Å². The minimum absolute atomic E-state index is 0.174. The van der Waals surface area contributed by atoms with E-state index in [1.54, 1.807) is 6.33 Å². The van der Waals surface area contributed by atoms with Crippen LogP contribution in [-0.4, -0.2) is 37.9 Å². The maximum absolute atomic E-state index is 6.01. The Morgan fingerprint density at radius 3 is 2.93 bits per heavy atom. The minimum Gasteiger partial charge on any atom is -0.408 e. The Hall–Kier alpha value is -3.16. The lowest BCUT2D eigenvalue weighted by Crippen LogP contribution is -2.37. The van der Waals surface area contributed by atoms with E-state index in [9.17, 15) is 0 Å². The van der Waals surface area contributed by atoms with Crippen molar-refractivity contribution >= 4 is 12.2 Å². The van der Waals surface area contributed by atoms with Crippen molar-refractivity contribution in [1.29, 1.82) is 0 Å². The number of aromatic nitrogens is 4. The molecule has 0 spiro atoms. The fourth-order valence-corrected chi connectivity index (χ4v) is 4.06. The Morgan fingerprint density at radius 1 is 1.30 bits per heavy atom. The molecule has 1 N–H and O–H groups in total. The summed E-state index contributed by atoms with van der Waals surface area (Å²) < 4.78 is 6.01. The van der Waals surface area contributed by atoms with Gasteiger partial charge in [-0.2, -0.15) is 5.10 Å². The second-order valence-corrected chi connectivity index (χ2v) is 8.25. The van der Waals surface area contributed by atoms with E-state index in [1.165, 1.54) is 5.57 Å². The average Bonchev–Trinajstić information content (AvgIpc) is 3.29. The Bertz CT molecular complexity index is 1040. The van der Waals surface area contributed by atoms with E-state index in [1.807, 2.05) is 30.4 Å². The normalized spacial score (nSPS) is 23.0. The quantitative estimate of drug-likeness (QED) is 0.755. The van der Waals surface area contributed by atoms with E-state index in [0.717, 1.165) is 48.8 Å². The third-order valence-electron chi connectivity index (χ3n) is 5.85. The number of nitrogens with one attached hydrogen (secondary N) is 1. The first-order valence-electron chi connectivity index (χ1n) is 10.7. The molecular formula is C22H27N7O. The highest BCUT2D eigenvalue weighted by Gasteiger charge is 2.35. The molecule has 1 atom stereocenters. The van der Waals surface area contributed by atoms with Crippen molar-refractivity contribution in [3.8, 4) is 0 Å². The molecule has 2 aromatic heterocycles. The monoisotopic (exact) mass is 405 g/mol. The Labute approximate surface area is 176 Å². The van der Waals surface area contributed by atoms with E-state index >= 15 is 0 Å². The van der Waals surface area contributed by atoms with Crippen molar-refractivity contribution in [3.63, 3.8) is 0 Å². The first kappa shape index (κ1) is 18.8. The van der Waals surface area contributed by atoms with Gasteiger partial charge in [0.1, 0.15) is 6.04 Å². The third-order valence-corrected chi connectivity index (χ3v) is 5.85. The Kier molecular flexibility index (Phi) is 4.77. The van der Waals surface area contributed by atoms with Gasteiger partial charge in [-0.15, -0.1) is 5.10 Å². The largest absolute Gasteiger partial charge is 0.408 e. The standard InChI is InChI=1S/C22H27N7O/c1-4-18-16(14(2)3)6-5-10-29(18)25-12-19-20-17(23-13-24-20)9-11-28(19)22-27-26-21(30-22)15-7-8-15/h4-6,10,12-15,19H,7-9,11H2,1-3H3,(H,23,24)/b18-4-,25-12+/t19-/m0/s1. The van der Waals surface area contributed by atoms with Gasteiger partial charge in [-0.3, -0.25) is 0 Å². The molecule has 2 aliphatic heterocycles. The second-order valence-electron chi connectivity index (χ2n) is 8.25. The fourth-order valence-electron chi connectivity index (χ4n) is 4.06. The number of anilines is 1. The predicted octanol–water partition coefficient (Wildman–Crippen LogP) is 4.08. The predicted molar refractivity (Wildman–Crippen MR) is 115 cm³/mol. The van der Waals surface area contributed by atoms with Gasteiger partial charge in [0.05, 0.1) is 23.9 Å². The number of hydrogen-bond donors (Lipinski definition) is 1. The second kappa shape index (κ2) is 7.59. The summed E-state index contributed by atoms with van der Waals surface area (Å²) >= 11 is 0. The molecule has 5 rings (SSSR count). The SMILES string of the molecule is C/C=C1/C(C(C)C)=CC=CN1/N=C/[C@H]1c2nc[nH]c2CCN1c1nnc(C2CC2)o1. The molecule has 1 aliphatic carbocycles. The summed E-state index contributed by atoms with van der Waals surface area (Å²) in [5.74, 6) is 1.60. The molecule has 2 aromatic rings. The van der Waals surface area contributed by atoms with Gasteiger partial charge in [0.25, 0.3) is 0 Å². The van der Waals surface area contributed by atoms with Crippen molar-refractivity contribution in [2.75, 3.05) is 11.4 Å². The number of imidazole rings is 1. The maximum Gasteiger partial charge on any atom is 0.319 e. The van der Waals surface area contributed by atoms with Crippen LogP contribution in [0, 0.1) is 5.92 Å². The molecule has 1 saturated carbocycles. The Morgan fingerprint density at radius 2 is 2.17 bits per heavy atom. The highest BCUT2D eigenvalue weighted by atomic mass is 16.4. The number of H-pyrrole nitrogens is 1. The minimum atomic E-state index is -0.174. The number of aromatic amines is 1. The van der Waals surface area contributed by atoms with Gasteiger partial charge in [0.15, 0.2) is 0 Å². The molecule has 0 radical (unpaired) electrons. The van der Waals surface area contributed by atoms with Gasteiger partial charge in [-0.05, 0) is 37.3 Å². The van der Waals surface area contributed by atoms with Crippen LogP contribution in [-0.2, 0) is 6.42 Å². The zero-order valence-corrected chi connectivity index (χ0v) is 17.6. The molecule has 0 amide bonds. The van der Waals surface area contributed by atoms with Gasteiger partial charge < -0.3 is 14.3 Å². The zero-order valence-electron chi connectivity index (χ0n) is 17.6. The molecule has 3 aliphatic rings. The number of nitrogens with zero attached hydrogens (tertiary/aromatic N) is 6. The zero-order chi connectivity index (χ0) is 20.7. The molecule has 30 heavy (non-hydrogen) atoms. The van der Waals surface area contributed by atoms with Crippen molar-refractivity contribution in [3.05, 3.63) is 59.3 Å². The molecule has 1 fully saturated rings. The van der Waals surface area contributed by atoms with Gasteiger partial charge in [0.2, 0.25) is 5.89 Å². The highest BCUT2D eigenvalue weighted by Crippen LogP contribution is 2.41. The van der Waals surface area contributed by atoms with Crippen LogP contribution < -0.4 is 4.90 Å². The molecule has 8 heteroatoms. The van der Waals surface area contributed by atoms with Crippen LogP contribution in [0.5, 0.6) is 0 Å². The van der Waals surface area contributed by atoms with Crippen LogP contribution in [0.2, 0.25) is 0 Å². The van der Waals surface area contributed by atoms with Crippen molar-refractivity contribution < 1.29 is 4.42 Å². The van der Waals surface area contributed by atoms with Gasteiger partial charge in [0, 0.05) is 30.8 Å². The summed E-state index contributed by atoms with van der Waals surface area (Å²) in [6.45, 7) is 7.20. The summed E-state index contributed by atoms with van der Waals surface area (Å²) in [5, 5.41) is 15.4. The average molecular weight is 406 g/mol. The molecule has 0 unspecified atom stereocenters. The highest BCUT2D eigenvalue weighted by molar-refractivity contribution is 5.72. The van der Waals surface area contributed by atoms with Gasteiger partial charge in [-0.1, -0.05) is 31.1 Å². The van der Waals surface area contributed by atoms with Crippen LogP contribution in [0.4, 0.5) is 6.01 Å². The summed E-state index contributed by atoms with van der Waals surface area (Å²) in [7, 11) is 0. The van der Waals surface area contributed by atoms with Crippen LogP contribution >= 0.6 is 0 Å².